The zero-order valence-electron chi connectivity index (χ0n) is 7.07. The maximum atomic E-state index is 10.9. The third-order valence-corrected chi connectivity index (χ3v) is 1.37. The first-order valence-corrected chi connectivity index (χ1v) is 3.69. The van der Waals surface area contributed by atoms with Gasteiger partial charge in [-0.2, -0.15) is 4.99 Å². The number of hydrogen-bond acceptors (Lipinski definition) is 5. The normalized spacial score (nSPS) is 21.2. The predicted molar refractivity (Wildman–Crippen MR) is 40.8 cm³/mol. The summed E-state index contributed by atoms with van der Waals surface area (Å²) in [6.07, 6.45) is 0.174. The van der Waals surface area contributed by atoms with E-state index in [9.17, 15) is 4.79 Å². The Kier molecular flexibility index (Phi) is 2.90. The van der Waals surface area contributed by atoms with Gasteiger partial charge in [-0.15, -0.1) is 0 Å². The fraction of sp³-hybridized carbons (Fsp3) is 0.714. The Bertz CT molecular complexity index is 202. The van der Waals surface area contributed by atoms with Crippen molar-refractivity contribution in [3.8, 4) is 0 Å². The predicted octanol–water partition coefficient (Wildman–Crippen LogP) is -0.0493. The van der Waals surface area contributed by atoms with Gasteiger partial charge in [0, 0.05) is 0 Å². The summed E-state index contributed by atoms with van der Waals surface area (Å²) >= 11 is 0. The van der Waals surface area contributed by atoms with Crippen LogP contribution in [0.1, 0.15) is 6.92 Å². The maximum Gasteiger partial charge on any atom is 0.384 e. The standard InChI is InChI=1S/C7H11NO4/c1-3-11-7-8-5(4-12-7)6(9)10-2/h5H,3-4H2,1-2H3/t5-/m0/s1. The number of aliphatic imine (C=N–C) groups is 1. The topological polar surface area (TPSA) is 57.1 Å². The quantitative estimate of drug-likeness (QED) is 0.549. The highest BCUT2D eigenvalue weighted by Gasteiger charge is 2.27. The average molecular weight is 173 g/mol. The SMILES string of the molecule is CCOC1=N[C@H](C(=O)OC)CO1. The van der Waals surface area contributed by atoms with E-state index in [1.54, 1.807) is 0 Å². The van der Waals surface area contributed by atoms with Crippen molar-refractivity contribution in [2.45, 2.75) is 13.0 Å². The Balaban J connectivity index is 2.46. The van der Waals surface area contributed by atoms with Crippen molar-refractivity contribution in [3.05, 3.63) is 0 Å². The molecule has 12 heavy (non-hydrogen) atoms. The van der Waals surface area contributed by atoms with Gasteiger partial charge in [-0.05, 0) is 6.92 Å². The second kappa shape index (κ2) is 3.94. The first-order chi connectivity index (χ1) is 5.77. The number of carbonyl (C=O) groups excluding carboxylic acids is 1. The van der Waals surface area contributed by atoms with Crippen LogP contribution in [0.5, 0.6) is 0 Å². The van der Waals surface area contributed by atoms with Gasteiger partial charge in [-0.1, -0.05) is 0 Å². The zero-order valence-corrected chi connectivity index (χ0v) is 7.07. The van der Waals surface area contributed by atoms with E-state index < -0.39 is 12.0 Å². The summed E-state index contributed by atoms with van der Waals surface area (Å²) in [7, 11) is 1.32. The van der Waals surface area contributed by atoms with Crippen molar-refractivity contribution >= 4 is 12.1 Å². The number of hydrogen-bond donors (Lipinski definition) is 0. The van der Waals surface area contributed by atoms with Crippen LogP contribution in [0.15, 0.2) is 4.99 Å². The number of rotatable bonds is 2. The van der Waals surface area contributed by atoms with Gasteiger partial charge in [0.1, 0.15) is 6.61 Å². The third-order valence-electron chi connectivity index (χ3n) is 1.37. The molecule has 0 bridgehead atoms. The van der Waals surface area contributed by atoms with Crippen LogP contribution in [0.3, 0.4) is 0 Å². The molecule has 1 aliphatic heterocycles. The summed E-state index contributed by atoms with van der Waals surface area (Å²) in [5.74, 6) is -0.398. The first-order valence-electron chi connectivity index (χ1n) is 3.69. The summed E-state index contributed by atoms with van der Waals surface area (Å²) in [5.41, 5.74) is 0. The molecule has 5 heteroatoms. The molecule has 0 radical (unpaired) electrons. The Morgan fingerprint density at radius 3 is 3.17 bits per heavy atom. The molecule has 68 valence electrons. The van der Waals surface area contributed by atoms with Gasteiger partial charge in [-0.3, -0.25) is 0 Å². The fourth-order valence-corrected chi connectivity index (χ4v) is 0.811. The van der Waals surface area contributed by atoms with E-state index in [1.807, 2.05) is 6.92 Å². The lowest BCUT2D eigenvalue weighted by molar-refractivity contribution is -0.142. The zero-order chi connectivity index (χ0) is 8.97. The highest BCUT2D eigenvalue weighted by atomic mass is 16.7. The Labute approximate surface area is 70.3 Å². The van der Waals surface area contributed by atoms with Crippen LogP contribution in [-0.2, 0) is 19.0 Å². The third kappa shape index (κ3) is 1.87. The summed E-state index contributed by atoms with van der Waals surface area (Å²) in [6.45, 7) is 2.51. The van der Waals surface area contributed by atoms with Crippen molar-refractivity contribution in [1.82, 2.24) is 0 Å². The minimum atomic E-state index is -0.559. The van der Waals surface area contributed by atoms with Gasteiger partial charge in [0.05, 0.1) is 13.7 Å². The second-order valence-electron chi connectivity index (χ2n) is 2.18. The Morgan fingerprint density at radius 2 is 2.58 bits per heavy atom. The smallest absolute Gasteiger partial charge is 0.384 e. The highest BCUT2D eigenvalue weighted by molar-refractivity contribution is 5.82. The maximum absolute atomic E-state index is 10.9. The monoisotopic (exact) mass is 173 g/mol. The molecule has 0 spiro atoms. The molecule has 1 atom stereocenters. The molecule has 0 amide bonds. The summed E-state index contributed by atoms with van der Waals surface area (Å²) in [5, 5.41) is 0. The average Bonchev–Trinajstić information content (AvgIpc) is 2.52. The molecule has 0 aromatic rings. The van der Waals surface area contributed by atoms with Crippen LogP contribution in [0.4, 0.5) is 0 Å². The second-order valence-corrected chi connectivity index (χ2v) is 2.18. The van der Waals surface area contributed by atoms with Crippen molar-refractivity contribution in [2.75, 3.05) is 20.3 Å². The van der Waals surface area contributed by atoms with E-state index >= 15 is 0 Å². The molecule has 0 N–H and O–H groups in total. The van der Waals surface area contributed by atoms with Gasteiger partial charge >= 0.3 is 12.1 Å². The van der Waals surface area contributed by atoms with Crippen molar-refractivity contribution < 1.29 is 19.0 Å². The molecule has 5 nitrogen and oxygen atoms in total. The molecule has 1 heterocycles. The molecule has 0 unspecified atom stereocenters. The molecule has 0 saturated carbocycles. The van der Waals surface area contributed by atoms with Crippen LogP contribution in [0.25, 0.3) is 0 Å². The molecular weight excluding hydrogens is 162 g/mol. The highest BCUT2D eigenvalue weighted by Crippen LogP contribution is 2.06. The molecule has 1 aliphatic rings. The van der Waals surface area contributed by atoms with Crippen LogP contribution < -0.4 is 0 Å². The minimum Gasteiger partial charge on any atom is -0.467 e. The van der Waals surface area contributed by atoms with E-state index in [0.29, 0.717) is 6.61 Å². The van der Waals surface area contributed by atoms with E-state index in [2.05, 4.69) is 9.73 Å². The first kappa shape index (κ1) is 8.83. The van der Waals surface area contributed by atoms with Crippen molar-refractivity contribution in [2.24, 2.45) is 4.99 Å². The van der Waals surface area contributed by atoms with Gasteiger partial charge in [0.15, 0.2) is 6.04 Å². The lowest BCUT2D eigenvalue weighted by Gasteiger charge is -1.99. The molecule has 0 aliphatic carbocycles. The molecule has 0 aromatic heterocycles. The lowest BCUT2D eigenvalue weighted by atomic mass is 10.3. The minimum absolute atomic E-state index is 0.174. The molecule has 1 rings (SSSR count). The number of carbonyl (C=O) groups is 1. The van der Waals surface area contributed by atoms with Crippen LogP contribution >= 0.6 is 0 Å². The van der Waals surface area contributed by atoms with E-state index in [1.165, 1.54) is 7.11 Å². The molecule has 0 saturated heterocycles. The van der Waals surface area contributed by atoms with Gasteiger partial charge in [0.25, 0.3) is 0 Å². The van der Waals surface area contributed by atoms with Gasteiger partial charge in [0.2, 0.25) is 0 Å². The Hall–Kier alpha value is -1.26. The number of methoxy groups -OCH3 is 1. The van der Waals surface area contributed by atoms with Crippen LogP contribution in [-0.4, -0.2) is 38.4 Å². The molecular formula is C7H11NO4. The van der Waals surface area contributed by atoms with Gasteiger partial charge in [-0.25, -0.2) is 4.79 Å². The largest absolute Gasteiger partial charge is 0.467 e. The van der Waals surface area contributed by atoms with Crippen molar-refractivity contribution in [3.63, 3.8) is 0 Å². The molecule has 0 aromatic carbocycles. The summed E-state index contributed by atoms with van der Waals surface area (Å²) in [4.78, 5) is 14.7. The van der Waals surface area contributed by atoms with E-state index in [4.69, 9.17) is 9.47 Å². The van der Waals surface area contributed by atoms with E-state index in [0.717, 1.165) is 0 Å². The number of esters is 1. The van der Waals surface area contributed by atoms with Crippen LogP contribution in [0, 0.1) is 0 Å². The number of nitrogens with zero attached hydrogens (tertiary/aromatic N) is 1. The Morgan fingerprint density at radius 1 is 1.83 bits per heavy atom. The van der Waals surface area contributed by atoms with Crippen LogP contribution in [0.2, 0.25) is 0 Å². The van der Waals surface area contributed by atoms with E-state index in [-0.39, 0.29) is 12.7 Å². The molecule has 0 fully saturated rings. The van der Waals surface area contributed by atoms with Gasteiger partial charge < -0.3 is 14.2 Å². The number of ether oxygens (including phenoxy) is 3. The summed E-state index contributed by atoms with van der Waals surface area (Å²) < 4.78 is 14.4. The van der Waals surface area contributed by atoms with Crippen molar-refractivity contribution in [1.29, 1.82) is 0 Å². The summed E-state index contributed by atoms with van der Waals surface area (Å²) in [6, 6.07) is -0.559. The lowest BCUT2D eigenvalue weighted by Crippen LogP contribution is -2.21. The fourth-order valence-electron chi connectivity index (χ4n) is 0.811.